The van der Waals surface area contributed by atoms with Crippen LogP contribution in [-0.4, -0.2) is 30.1 Å². The maximum atomic E-state index is 13.7. The van der Waals surface area contributed by atoms with E-state index in [1.165, 1.54) is 24.3 Å². The molecule has 0 saturated heterocycles. The Hall–Kier alpha value is -2.31. The fourth-order valence-electron chi connectivity index (χ4n) is 3.99. The number of rotatable bonds is 6. The third-order valence-electron chi connectivity index (χ3n) is 5.76. The fourth-order valence-corrected chi connectivity index (χ4v) is 4.52. The summed E-state index contributed by atoms with van der Waals surface area (Å²) in [6.45, 7) is 1.84. The van der Waals surface area contributed by atoms with Gasteiger partial charge in [-0.15, -0.1) is 0 Å². The molecule has 2 aromatic carbocycles. The van der Waals surface area contributed by atoms with Crippen LogP contribution in [0.4, 0.5) is 4.39 Å². The van der Waals surface area contributed by atoms with Crippen molar-refractivity contribution in [3.8, 4) is 5.75 Å². The first-order chi connectivity index (χ1) is 14.8. The van der Waals surface area contributed by atoms with Crippen LogP contribution in [0.3, 0.4) is 0 Å². The van der Waals surface area contributed by atoms with Gasteiger partial charge in [-0.3, -0.25) is 4.79 Å². The van der Waals surface area contributed by atoms with Gasteiger partial charge in [0.1, 0.15) is 11.4 Å². The van der Waals surface area contributed by atoms with Gasteiger partial charge in [0.2, 0.25) is 0 Å². The lowest BCUT2D eigenvalue weighted by Crippen LogP contribution is -2.56. The molecule has 0 bridgehead atoms. The van der Waals surface area contributed by atoms with Gasteiger partial charge in [0.05, 0.1) is 23.3 Å². The van der Waals surface area contributed by atoms with E-state index in [0.29, 0.717) is 5.56 Å². The van der Waals surface area contributed by atoms with Crippen LogP contribution in [0.15, 0.2) is 30.3 Å². The molecule has 1 fully saturated rings. The second-order valence-corrected chi connectivity index (χ2v) is 8.80. The molecule has 0 aromatic heterocycles. The molecule has 2 aliphatic rings. The molecule has 1 amide bonds. The van der Waals surface area contributed by atoms with Gasteiger partial charge in [-0.1, -0.05) is 29.3 Å². The number of carbonyl (C=O) groups is 2. The Kier molecular flexibility index (Phi) is 6.13. The Balaban J connectivity index is 1.67. The molecule has 0 aliphatic heterocycles. The second kappa shape index (κ2) is 8.67. The van der Waals surface area contributed by atoms with Gasteiger partial charge < -0.3 is 14.8 Å². The summed E-state index contributed by atoms with van der Waals surface area (Å²) in [5.41, 5.74) is 0.231. The van der Waals surface area contributed by atoms with E-state index in [-0.39, 0.29) is 46.9 Å². The van der Waals surface area contributed by atoms with Crippen molar-refractivity contribution < 1.29 is 23.5 Å². The zero-order valence-corrected chi connectivity index (χ0v) is 18.5. The Morgan fingerprint density at radius 1 is 1.16 bits per heavy atom. The van der Waals surface area contributed by atoms with Crippen molar-refractivity contribution in [2.24, 2.45) is 0 Å². The molecular weight excluding hydrogens is 444 g/mol. The number of benzene rings is 2. The van der Waals surface area contributed by atoms with Gasteiger partial charge in [-0.25, -0.2) is 9.18 Å². The number of hydrogen-bond acceptors (Lipinski definition) is 4. The quantitative estimate of drug-likeness (QED) is 0.616. The van der Waals surface area contributed by atoms with Crippen molar-refractivity contribution in [1.82, 2.24) is 5.32 Å². The van der Waals surface area contributed by atoms with Gasteiger partial charge in [0, 0.05) is 17.9 Å². The molecule has 0 radical (unpaired) electrons. The molecule has 8 heteroatoms. The molecule has 1 N–H and O–H groups in total. The largest absolute Gasteiger partial charge is 0.488 e. The third kappa shape index (κ3) is 4.37. The maximum absolute atomic E-state index is 13.7. The molecule has 1 atom stereocenters. The van der Waals surface area contributed by atoms with E-state index in [1.54, 1.807) is 13.0 Å². The first-order valence-corrected chi connectivity index (χ1v) is 11.0. The van der Waals surface area contributed by atoms with E-state index in [9.17, 15) is 14.0 Å². The van der Waals surface area contributed by atoms with Gasteiger partial charge in [-0.2, -0.15) is 0 Å². The Morgan fingerprint density at radius 2 is 1.90 bits per heavy atom. The number of hydrogen-bond donors (Lipinski definition) is 1. The van der Waals surface area contributed by atoms with Crippen LogP contribution in [0.5, 0.6) is 5.75 Å². The first kappa shape index (κ1) is 21.9. The van der Waals surface area contributed by atoms with Gasteiger partial charge in [-0.05, 0) is 61.6 Å². The molecule has 1 unspecified atom stereocenters. The van der Waals surface area contributed by atoms with E-state index in [0.717, 1.165) is 24.8 Å². The topological polar surface area (TPSA) is 64.6 Å². The molecule has 31 heavy (non-hydrogen) atoms. The molecule has 2 aromatic rings. The lowest BCUT2D eigenvalue weighted by atomic mass is 9.94. The highest BCUT2D eigenvalue weighted by Crippen LogP contribution is 2.37. The van der Waals surface area contributed by atoms with Crippen molar-refractivity contribution in [3.63, 3.8) is 0 Å². The van der Waals surface area contributed by atoms with Gasteiger partial charge in [0.25, 0.3) is 5.91 Å². The predicted octanol–water partition coefficient (Wildman–Crippen LogP) is 4.89. The molecule has 4 rings (SSSR count). The molecule has 0 spiro atoms. The van der Waals surface area contributed by atoms with Crippen LogP contribution in [0.2, 0.25) is 10.0 Å². The third-order valence-corrected chi connectivity index (χ3v) is 6.26. The highest BCUT2D eigenvalue weighted by Gasteiger charge is 2.47. The highest BCUT2D eigenvalue weighted by atomic mass is 35.5. The Morgan fingerprint density at radius 3 is 2.58 bits per heavy atom. The summed E-state index contributed by atoms with van der Waals surface area (Å²) in [6.07, 6.45) is 3.13. The first-order valence-electron chi connectivity index (χ1n) is 10.2. The van der Waals surface area contributed by atoms with Crippen molar-refractivity contribution in [3.05, 3.63) is 62.9 Å². The van der Waals surface area contributed by atoms with E-state index in [2.05, 4.69) is 5.32 Å². The minimum Gasteiger partial charge on any atom is -0.488 e. The highest BCUT2D eigenvalue weighted by molar-refractivity contribution is 6.36. The molecular formula is C23H22Cl2FNO4. The number of ether oxygens (including phenoxy) is 2. The smallest absolute Gasteiger partial charge is 0.332 e. The second-order valence-electron chi connectivity index (χ2n) is 7.96. The van der Waals surface area contributed by atoms with E-state index >= 15 is 0 Å². The summed E-state index contributed by atoms with van der Waals surface area (Å²) in [7, 11) is 0. The van der Waals surface area contributed by atoms with Crippen LogP contribution in [0, 0.1) is 5.82 Å². The molecule has 164 valence electrons. The zero-order chi connectivity index (χ0) is 22.2. The van der Waals surface area contributed by atoms with Gasteiger partial charge >= 0.3 is 5.97 Å². The number of amides is 1. The monoisotopic (exact) mass is 465 g/mol. The predicted molar refractivity (Wildman–Crippen MR) is 115 cm³/mol. The SMILES string of the molecule is CCOC(=O)C1(NC(=O)c2cc(Cl)cc(Cl)c2OC2CCC2)Cc2ccc(F)cc2C1. The summed E-state index contributed by atoms with van der Waals surface area (Å²) in [5.74, 6) is -1.29. The summed E-state index contributed by atoms with van der Waals surface area (Å²) in [5, 5.41) is 3.33. The van der Waals surface area contributed by atoms with Crippen LogP contribution in [0.1, 0.15) is 47.7 Å². The van der Waals surface area contributed by atoms with Crippen LogP contribution >= 0.6 is 23.2 Å². The minimum atomic E-state index is -1.36. The minimum absolute atomic E-state index is 0.0112. The van der Waals surface area contributed by atoms with Crippen LogP contribution in [0.25, 0.3) is 0 Å². The Labute approximate surface area is 189 Å². The summed E-state index contributed by atoms with van der Waals surface area (Å²) >= 11 is 12.5. The summed E-state index contributed by atoms with van der Waals surface area (Å²) < 4.78 is 25.0. The average Bonchev–Trinajstić information content (AvgIpc) is 3.04. The molecule has 0 heterocycles. The van der Waals surface area contributed by atoms with Crippen LogP contribution in [-0.2, 0) is 22.4 Å². The molecule has 5 nitrogen and oxygen atoms in total. The van der Waals surface area contributed by atoms with E-state index in [4.69, 9.17) is 32.7 Å². The lowest BCUT2D eigenvalue weighted by Gasteiger charge is -2.30. The standard InChI is InChI=1S/C23H22Cl2FNO4/c1-2-30-22(29)23(11-13-6-7-16(26)8-14(13)12-23)27-21(28)18-9-15(24)10-19(25)20(18)31-17-4-3-5-17/h6-10,17H,2-5,11-12H2,1H3,(H,27,28). The normalized spacial score (nSPS) is 20.0. The van der Waals surface area contributed by atoms with Crippen molar-refractivity contribution in [2.75, 3.05) is 6.61 Å². The number of nitrogens with one attached hydrogen (secondary N) is 1. The lowest BCUT2D eigenvalue weighted by molar-refractivity contribution is -0.150. The number of carbonyl (C=O) groups excluding carboxylic acids is 2. The number of esters is 1. The van der Waals surface area contributed by atoms with Crippen molar-refractivity contribution in [2.45, 2.75) is 50.7 Å². The number of halogens is 3. The van der Waals surface area contributed by atoms with E-state index in [1.807, 2.05) is 0 Å². The molecule has 1 saturated carbocycles. The zero-order valence-electron chi connectivity index (χ0n) is 17.0. The number of fused-ring (bicyclic) bond motifs is 1. The fraction of sp³-hybridized carbons (Fsp3) is 0.391. The average molecular weight is 466 g/mol. The van der Waals surface area contributed by atoms with Crippen LogP contribution < -0.4 is 10.1 Å². The van der Waals surface area contributed by atoms with Gasteiger partial charge in [0.15, 0.2) is 5.75 Å². The molecule has 2 aliphatic carbocycles. The maximum Gasteiger partial charge on any atom is 0.332 e. The van der Waals surface area contributed by atoms with Crippen molar-refractivity contribution >= 4 is 35.1 Å². The Bertz CT molecular complexity index is 1040. The van der Waals surface area contributed by atoms with E-state index < -0.39 is 23.2 Å². The summed E-state index contributed by atoms with van der Waals surface area (Å²) in [4.78, 5) is 26.3. The van der Waals surface area contributed by atoms with Crippen molar-refractivity contribution in [1.29, 1.82) is 0 Å². The summed E-state index contributed by atoms with van der Waals surface area (Å²) in [6, 6.07) is 7.33.